The Labute approximate surface area is 154 Å². The van der Waals surface area contributed by atoms with E-state index in [0.717, 1.165) is 11.1 Å². The lowest BCUT2D eigenvalue weighted by Gasteiger charge is -2.19. The van der Waals surface area contributed by atoms with E-state index < -0.39 is 17.9 Å². The number of aromatic nitrogens is 3. The highest BCUT2D eigenvalue weighted by atomic mass is 16.4. The summed E-state index contributed by atoms with van der Waals surface area (Å²) in [7, 11) is 0. The van der Waals surface area contributed by atoms with Gasteiger partial charge in [0.25, 0.3) is 5.56 Å². The number of H-pyrrole nitrogens is 1. The normalized spacial score (nSPS) is 12.1. The highest BCUT2D eigenvalue weighted by Crippen LogP contribution is 2.21. The van der Waals surface area contributed by atoms with Crippen molar-refractivity contribution < 1.29 is 14.7 Å². The maximum Gasteiger partial charge on any atom is 0.305 e. The van der Waals surface area contributed by atoms with Crippen molar-refractivity contribution in [3.05, 3.63) is 69.3 Å². The van der Waals surface area contributed by atoms with Crippen molar-refractivity contribution in [2.45, 2.75) is 32.7 Å². The van der Waals surface area contributed by atoms with Crippen LogP contribution in [-0.4, -0.2) is 31.6 Å². The number of hydrogen-bond acceptors (Lipinski definition) is 4. The molecule has 2 heterocycles. The van der Waals surface area contributed by atoms with Crippen LogP contribution >= 0.6 is 0 Å². The molecule has 3 aromatic rings. The number of nitrogens with zero attached hydrogens (tertiary/aromatic N) is 2. The van der Waals surface area contributed by atoms with Crippen molar-refractivity contribution in [2.24, 2.45) is 0 Å². The number of fused-ring (bicyclic) bond motifs is 1. The monoisotopic (exact) mass is 368 g/mol. The number of benzene rings is 1. The van der Waals surface area contributed by atoms with Gasteiger partial charge in [-0.1, -0.05) is 24.3 Å². The third-order valence-electron chi connectivity index (χ3n) is 4.46. The summed E-state index contributed by atoms with van der Waals surface area (Å²) in [5.41, 5.74) is 2.50. The van der Waals surface area contributed by atoms with E-state index in [1.54, 1.807) is 31.3 Å². The van der Waals surface area contributed by atoms with Gasteiger partial charge in [0.05, 0.1) is 18.9 Å². The molecule has 0 aliphatic rings. The fraction of sp³-hybridized carbons (Fsp3) is 0.263. The zero-order valence-electron chi connectivity index (χ0n) is 15.0. The average Bonchev–Trinajstić information content (AvgIpc) is 3.06. The third kappa shape index (κ3) is 3.89. The van der Waals surface area contributed by atoms with Gasteiger partial charge in [-0.3, -0.25) is 19.5 Å². The summed E-state index contributed by atoms with van der Waals surface area (Å²) in [5.74, 6) is -1.45. The van der Waals surface area contributed by atoms with E-state index in [0.29, 0.717) is 11.3 Å². The van der Waals surface area contributed by atoms with Crippen LogP contribution in [-0.2, 0) is 16.0 Å². The van der Waals surface area contributed by atoms with Crippen LogP contribution in [0.1, 0.15) is 34.8 Å². The summed E-state index contributed by atoms with van der Waals surface area (Å²) in [5, 5.41) is 14.7. The molecule has 0 spiro atoms. The first kappa shape index (κ1) is 18.4. The summed E-state index contributed by atoms with van der Waals surface area (Å²) in [6, 6.07) is 8.27. The van der Waals surface area contributed by atoms with Crippen LogP contribution in [0.2, 0.25) is 0 Å². The molecular weight excluding hydrogens is 348 g/mol. The van der Waals surface area contributed by atoms with E-state index in [9.17, 15) is 19.5 Å². The molecule has 1 atom stereocenters. The van der Waals surface area contributed by atoms with E-state index in [4.69, 9.17) is 0 Å². The summed E-state index contributed by atoms with van der Waals surface area (Å²) < 4.78 is 1.27. The number of carboxylic acid groups (broad SMARTS) is 1. The maximum absolute atomic E-state index is 12.6. The molecule has 3 rings (SSSR count). The quantitative estimate of drug-likeness (QED) is 0.610. The van der Waals surface area contributed by atoms with E-state index in [-0.39, 0.29) is 24.0 Å². The number of amides is 1. The first-order valence-electron chi connectivity index (χ1n) is 8.49. The number of aryl methyl sites for hydroxylation is 2. The number of carboxylic acids is 1. The molecule has 1 amide bonds. The van der Waals surface area contributed by atoms with Gasteiger partial charge in [-0.25, -0.2) is 9.50 Å². The Bertz CT molecular complexity index is 1070. The molecule has 140 valence electrons. The Morgan fingerprint density at radius 3 is 2.70 bits per heavy atom. The van der Waals surface area contributed by atoms with Crippen LogP contribution < -0.4 is 10.9 Å². The lowest BCUT2D eigenvalue weighted by Crippen LogP contribution is -2.34. The second-order valence-corrected chi connectivity index (χ2v) is 6.39. The summed E-state index contributed by atoms with van der Waals surface area (Å²) in [6.45, 7) is 3.53. The van der Waals surface area contributed by atoms with Gasteiger partial charge in [0.15, 0.2) is 5.65 Å². The topological polar surface area (TPSA) is 117 Å². The fourth-order valence-electron chi connectivity index (χ4n) is 3.11. The number of aliphatic carboxylic acids is 1. The Morgan fingerprint density at radius 1 is 1.26 bits per heavy atom. The predicted octanol–water partition coefficient (Wildman–Crippen LogP) is 1.51. The van der Waals surface area contributed by atoms with Crippen molar-refractivity contribution in [2.75, 3.05) is 0 Å². The molecule has 2 aromatic heterocycles. The molecule has 8 heteroatoms. The summed E-state index contributed by atoms with van der Waals surface area (Å²) in [6.07, 6.45) is 1.16. The largest absolute Gasteiger partial charge is 0.481 e. The van der Waals surface area contributed by atoms with Crippen LogP contribution in [0.5, 0.6) is 0 Å². The lowest BCUT2D eigenvalue weighted by atomic mass is 9.98. The molecule has 0 fully saturated rings. The minimum atomic E-state index is -1.02. The van der Waals surface area contributed by atoms with Crippen molar-refractivity contribution in [3.8, 4) is 0 Å². The predicted molar refractivity (Wildman–Crippen MR) is 98.6 cm³/mol. The third-order valence-corrected chi connectivity index (χ3v) is 4.46. The van der Waals surface area contributed by atoms with E-state index in [2.05, 4.69) is 15.4 Å². The molecule has 0 bridgehead atoms. The minimum absolute atomic E-state index is 0.179. The average molecular weight is 368 g/mol. The Kier molecular flexibility index (Phi) is 5.07. The first-order chi connectivity index (χ1) is 12.9. The van der Waals surface area contributed by atoms with Crippen molar-refractivity contribution in [3.63, 3.8) is 0 Å². The van der Waals surface area contributed by atoms with Crippen LogP contribution in [0.3, 0.4) is 0 Å². The van der Waals surface area contributed by atoms with Crippen molar-refractivity contribution in [1.82, 2.24) is 19.9 Å². The maximum atomic E-state index is 12.6. The SMILES string of the molecule is Cc1ccccc1C(CC(=O)O)NC(=O)Cc1c(C)nc2cc[nH]n2c1=O. The van der Waals surface area contributed by atoms with Crippen molar-refractivity contribution in [1.29, 1.82) is 0 Å². The zero-order chi connectivity index (χ0) is 19.6. The molecule has 0 radical (unpaired) electrons. The van der Waals surface area contributed by atoms with Gasteiger partial charge in [-0.2, -0.15) is 0 Å². The number of carbonyl (C=O) groups excluding carboxylic acids is 1. The number of carbonyl (C=O) groups is 2. The van der Waals surface area contributed by atoms with E-state index in [1.165, 1.54) is 4.52 Å². The molecule has 27 heavy (non-hydrogen) atoms. The Morgan fingerprint density at radius 2 is 2.00 bits per heavy atom. The van der Waals surface area contributed by atoms with Gasteiger partial charge in [0.2, 0.25) is 5.91 Å². The zero-order valence-corrected chi connectivity index (χ0v) is 15.0. The minimum Gasteiger partial charge on any atom is -0.481 e. The molecule has 0 saturated heterocycles. The highest BCUT2D eigenvalue weighted by molar-refractivity contribution is 5.80. The van der Waals surface area contributed by atoms with Crippen LogP contribution in [0.4, 0.5) is 0 Å². The van der Waals surface area contributed by atoms with E-state index in [1.807, 2.05) is 19.1 Å². The summed E-state index contributed by atoms with van der Waals surface area (Å²) in [4.78, 5) is 40.7. The standard InChI is InChI=1S/C19H20N4O4/c1-11-5-3-4-6-13(11)15(10-18(25)26)22-17(24)9-14-12(2)21-16-7-8-20-23(16)19(14)27/h3-8,15,20H,9-10H2,1-2H3,(H,22,24)(H,25,26). The van der Waals surface area contributed by atoms with Gasteiger partial charge in [-0.15, -0.1) is 0 Å². The number of rotatable bonds is 6. The molecular formula is C19H20N4O4. The Hall–Kier alpha value is -3.42. The number of nitrogens with one attached hydrogen (secondary N) is 2. The smallest absolute Gasteiger partial charge is 0.305 e. The van der Waals surface area contributed by atoms with Crippen molar-refractivity contribution >= 4 is 17.5 Å². The van der Waals surface area contributed by atoms with Gasteiger partial charge < -0.3 is 10.4 Å². The first-order valence-corrected chi connectivity index (χ1v) is 8.49. The van der Waals surface area contributed by atoms with Crippen LogP contribution in [0, 0.1) is 13.8 Å². The molecule has 0 saturated carbocycles. The number of aromatic amines is 1. The van der Waals surface area contributed by atoms with E-state index >= 15 is 0 Å². The van der Waals surface area contributed by atoms with Gasteiger partial charge in [-0.05, 0) is 25.0 Å². The number of hydrogen-bond donors (Lipinski definition) is 3. The molecule has 3 N–H and O–H groups in total. The molecule has 1 unspecified atom stereocenters. The van der Waals surface area contributed by atoms with Gasteiger partial charge in [0, 0.05) is 23.5 Å². The van der Waals surface area contributed by atoms with Gasteiger partial charge in [0.1, 0.15) is 0 Å². The molecule has 0 aliphatic carbocycles. The molecule has 8 nitrogen and oxygen atoms in total. The molecule has 0 aliphatic heterocycles. The molecule has 1 aromatic carbocycles. The summed E-state index contributed by atoms with van der Waals surface area (Å²) >= 11 is 0. The van der Waals surface area contributed by atoms with Gasteiger partial charge >= 0.3 is 5.97 Å². The fourth-order valence-corrected chi connectivity index (χ4v) is 3.11. The highest BCUT2D eigenvalue weighted by Gasteiger charge is 2.21. The Balaban J connectivity index is 1.86. The second kappa shape index (κ2) is 7.45. The second-order valence-electron chi connectivity index (χ2n) is 6.39. The van der Waals surface area contributed by atoms with Crippen LogP contribution in [0.25, 0.3) is 5.65 Å². The van der Waals surface area contributed by atoms with Crippen LogP contribution in [0.15, 0.2) is 41.3 Å². The lowest BCUT2D eigenvalue weighted by molar-refractivity contribution is -0.137.